The molecule has 0 amide bonds. The summed E-state index contributed by atoms with van der Waals surface area (Å²) < 4.78 is 27.7. The second kappa shape index (κ2) is 4.33. The third-order valence-electron chi connectivity index (χ3n) is 2.57. The molecule has 0 aliphatic heterocycles. The van der Waals surface area contributed by atoms with E-state index in [4.69, 9.17) is 17.3 Å². The summed E-state index contributed by atoms with van der Waals surface area (Å²) in [5.74, 6) is -1.00. The Balaban J connectivity index is 2.43. The first-order chi connectivity index (χ1) is 8.00. The van der Waals surface area contributed by atoms with E-state index in [1.165, 1.54) is 23.0 Å². The normalized spacial score (nSPS) is 12.7. The Labute approximate surface area is 102 Å². The lowest BCUT2D eigenvalue weighted by Crippen LogP contribution is -2.13. The highest BCUT2D eigenvalue weighted by Crippen LogP contribution is 2.26. The van der Waals surface area contributed by atoms with Crippen molar-refractivity contribution >= 4 is 17.4 Å². The van der Waals surface area contributed by atoms with Crippen LogP contribution in [0, 0.1) is 11.6 Å². The van der Waals surface area contributed by atoms with Crippen LogP contribution < -0.4 is 5.73 Å². The first-order valence-corrected chi connectivity index (χ1v) is 5.32. The van der Waals surface area contributed by atoms with E-state index in [0.29, 0.717) is 10.6 Å². The van der Waals surface area contributed by atoms with E-state index in [-0.39, 0.29) is 5.82 Å². The van der Waals surface area contributed by atoms with Crippen molar-refractivity contribution < 1.29 is 8.78 Å². The van der Waals surface area contributed by atoms with Crippen molar-refractivity contribution in [2.75, 3.05) is 5.73 Å². The van der Waals surface area contributed by atoms with Crippen LogP contribution in [0.15, 0.2) is 24.4 Å². The van der Waals surface area contributed by atoms with Gasteiger partial charge in [-0.15, -0.1) is 0 Å². The number of nitrogens with zero attached hydrogens (tertiary/aromatic N) is 2. The predicted octanol–water partition coefficient (Wildman–Crippen LogP) is 3.01. The number of nitrogens with two attached hydrogens (primary N) is 1. The highest BCUT2D eigenvalue weighted by molar-refractivity contribution is 6.32. The van der Waals surface area contributed by atoms with E-state index in [1.54, 1.807) is 6.92 Å². The summed E-state index contributed by atoms with van der Waals surface area (Å²) in [7, 11) is 0. The van der Waals surface area contributed by atoms with Gasteiger partial charge in [0.2, 0.25) is 0 Å². The van der Waals surface area contributed by atoms with Crippen LogP contribution in [0.5, 0.6) is 0 Å². The van der Waals surface area contributed by atoms with Gasteiger partial charge in [0, 0.05) is 11.6 Å². The van der Waals surface area contributed by atoms with E-state index in [2.05, 4.69) is 5.10 Å². The number of benzene rings is 1. The van der Waals surface area contributed by atoms with Gasteiger partial charge >= 0.3 is 0 Å². The number of nitrogen functional groups attached to an aromatic ring is 1. The largest absolute Gasteiger partial charge is 0.383 e. The molecule has 0 fully saturated rings. The van der Waals surface area contributed by atoms with Crippen LogP contribution in [0.4, 0.5) is 14.6 Å². The van der Waals surface area contributed by atoms with Crippen LogP contribution >= 0.6 is 11.6 Å². The number of anilines is 1. The van der Waals surface area contributed by atoms with Crippen molar-refractivity contribution in [3.8, 4) is 0 Å². The third-order valence-corrected chi connectivity index (χ3v) is 2.86. The van der Waals surface area contributed by atoms with Gasteiger partial charge in [0.15, 0.2) is 0 Å². The SMILES string of the molecule is CC(c1ccc(F)cc1F)n1ncc(Cl)c1N. The molecular formula is C11H10ClF2N3. The van der Waals surface area contributed by atoms with Crippen LogP contribution in [0.25, 0.3) is 0 Å². The first-order valence-electron chi connectivity index (χ1n) is 4.94. The van der Waals surface area contributed by atoms with Gasteiger partial charge < -0.3 is 5.73 Å². The Bertz CT molecular complexity index is 554. The molecule has 1 atom stereocenters. The van der Waals surface area contributed by atoms with Gasteiger partial charge in [0.1, 0.15) is 22.5 Å². The minimum absolute atomic E-state index is 0.253. The number of rotatable bonds is 2. The maximum absolute atomic E-state index is 13.6. The predicted molar refractivity (Wildman–Crippen MR) is 61.8 cm³/mol. The zero-order chi connectivity index (χ0) is 12.6. The van der Waals surface area contributed by atoms with Crippen LogP contribution in [0.2, 0.25) is 5.02 Å². The Morgan fingerprint density at radius 1 is 1.41 bits per heavy atom. The third kappa shape index (κ3) is 2.10. The smallest absolute Gasteiger partial charge is 0.141 e. The fraction of sp³-hybridized carbons (Fsp3) is 0.182. The maximum Gasteiger partial charge on any atom is 0.141 e. The Morgan fingerprint density at radius 2 is 2.12 bits per heavy atom. The fourth-order valence-corrected chi connectivity index (χ4v) is 1.76. The van der Waals surface area contributed by atoms with Gasteiger partial charge in [-0.05, 0) is 13.0 Å². The van der Waals surface area contributed by atoms with Crippen molar-refractivity contribution in [3.63, 3.8) is 0 Å². The molecule has 1 aromatic heterocycles. The van der Waals surface area contributed by atoms with Gasteiger partial charge in [-0.25, -0.2) is 13.5 Å². The van der Waals surface area contributed by atoms with Crippen LogP contribution in [-0.4, -0.2) is 9.78 Å². The molecule has 0 saturated heterocycles. The van der Waals surface area contributed by atoms with Crippen molar-refractivity contribution in [3.05, 3.63) is 46.6 Å². The highest BCUT2D eigenvalue weighted by Gasteiger charge is 2.17. The average Bonchev–Trinajstić information content (AvgIpc) is 2.59. The van der Waals surface area contributed by atoms with E-state index in [9.17, 15) is 8.78 Å². The molecule has 3 nitrogen and oxygen atoms in total. The van der Waals surface area contributed by atoms with Crippen molar-refractivity contribution in [2.24, 2.45) is 0 Å². The topological polar surface area (TPSA) is 43.8 Å². The lowest BCUT2D eigenvalue weighted by atomic mass is 10.1. The summed E-state index contributed by atoms with van der Waals surface area (Å²) in [5, 5.41) is 4.26. The summed E-state index contributed by atoms with van der Waals surface area (Å²) in [6.07, 6.45) is 1.38. The molecule has 0 radical (unpaired) electrons. The monoisotopic (exact) mass is 257 g/mol. The van der Waals surface area contributed by atoms with Gasteiger partial charge in [0.25, 0.3) is 0 Å². The van der Waals surface area contributed by atoms with Gasteiger partial charge in [-0.1, -0.05) is 17.7 Å². The van der Waals surface area contributed by atoms with E-state index in [0.717, 1.165) is 6.07 Å². The molecular weight excluding hydrogens is 248 g/mol. The molecule has 0 aliphatic carbocycles. The summed E-state index contributed by atoms with van der Waals surface area (Å²) in [4.78, 5) is 0. The molecule has 1 heterocycles. The van der Waals surface area contributed by atoms with Gasteiger partial charge in [-0.2, -0.15) is 5.10 Å². The molecule has 2 aromatic rings. The molecule has 0 spiro atoms. The standard InChI is InChI=1S/C11H10ClF2N3/c1-6(17-11(15)9(12)5-16-17)8-3-2-7(13)4-10(8)14/h2-6H,15H2,1H3. The van der Waals surface area contributed by atoms with Gasteiger partial charge in [-0.3, -0.25) is 0 Å². The zero-order valence-corrected chi connectivity index (χ0v) is 9.75. The zero-order valence-electron chi connectivity index (χ0n) is 8.99. The number of hydrogen-bond donors (Lipinski definition) is 1. The second-order valence-corrected chi connectivity index (χ2v) is 4.07. The quantitative estimate of drug-likeness (QED) is 0.899. The minimum atomic E-state index is -0.636. The molecule has 6 heteroatoms. The molecule has 1 aromatic carbocycles. The maximum atomic E-state index is 13.6. The molecule has 1 unspecified atom stereocenters. The summed E-state index contributed by atoms with van der Waals surface area (Å²) in [5.41, 5.74) is 6.00. The Morgan fingerprint density at radius 3 is 2.65 bits per heavy atom. The Hall–Kier alpha value is -1.62. The van der Waals surface area contributed by atoms with Crippen LogP contribution in [0.1, 0.15) is 18.5 Å². The first kappa shape index (κ1) is 11.9. The Kier molecular flexibility index (Phi) is 3.02. The van der Waals surface area contributed by atoms with Crippen molar-refractivity contribution in [1.29, 1.82) is 0 Å². The lowest BCUT2D eigenvalue weighted by molar-refractivity contribution is 0.516. The van der Waals surface area contributed by atoms with Crippen molar-refractivity contribution in [2.45, 2.75) is 13.0 Å². The molecule has 90 valence electrons. The molecule has 0 aliphatic rings. The summed E-state index contributed by atoms with van der Waals surface area (Å²) in [6.45, 7) is 1.70. The van der Waals surface area contributed by atoms with E-state index >= 15 is 0 Å². The highest BCUT2D eigenvalue weighted by atomic mass is 35.5. The summed E-state index contributed by atoms with van der Waals surface area (Å²) in [6, 6.07) is 2.93. The van der Waals surface area contributed by atoms with Crippen LogP contribution in [0.3, 0.4) is 0 Å². The fourth-order valence-electron chi connectivity index (χ4n) is 1.63. The molecule has 2 N–H and O–H groups in total. The van der Waals surface area contributed by atoms with Gasteiger partial charge in [0.05, 0.1) is 12.2 Å². The minimum Gasteiger partial charge on any atom is -0.383 e. The van der Waals surface area contributed by atoms with Crippen LogP contribution in [-0.2, 0) is 0 Å². The lowest BCUT2D eigenvalue weighted by Gasteiger charge is -2.15. The van der Waals surface area contributed by atoms with Crippen molar-refractivity contribution in [1.82, 2.24) is 9.78 Å². The number of aromatic nitrogens is 2. The summed E-state index contributed by atoms with van der Waals surface area (Å²) >= 11 is 5.76. The molecule has 17 heavy (non-hydrogen) atoms. The second-order valence-electron chi connectivity index (χ2n) is 3.66. The molecule has 0 bridgehead atoms. The van der Waals surface area contributed by atoms with E-state index < -0.39 is 17.7 Å². The number of halogens is 3. The molecule has 2 rings (SSSR count). The molecule has 0 saturated carbocycles. The average molecular weight is 258 g/mol. The van der Waals surface area contributed by atoms with E-state index in [1.807, 2.05) is 0 Å². The number of hydrogen-bond acceptors (Lipinski definition) is 2.